The number of carbonyl (C=O) groups excluding carboxylic acids is 5. The Hall–Kier alpha value is -3.51. The number of aliphatic hydroxyl groups excluding tert-OH is 2. The Balaban J connectivity index is 3.22. The molecular weight excluding hydrogens is 638 g/mol. The van der Waals surface area contributed by atoms with Gasteiger partial charge in [-0.2, -0.15) is 0 Å². The molecule has 0 aliphatic rings. The average Bonchev–Trinajstić information content (AvgIpc) is 3.00. The van der Waals surface area contributed by atoms with E-state index in [0.29, 0.717) is 19.3 Å². The minimum atomic E-state index is -1.34. The second-order valence-electron chi connectivity index (χ2n) is 15.4. The summed E-state index contributed by atoms with van der Waals surface area (Å²) in [7, 11) is 0. The van der Waals surface area contributed by atoms with Gasteiger partial charge < -0.3 is 36.8 Å². The van der Waals surface area contributed by atoms with Crippen molar-refractivity contribution in [2.24, 2.45) is 23.7 Å². The van der Waals surface area contributed by atoms with Gasteiger partial charge in [-0.25, -0.2) is 0 Å². The molecule has 1 aromatic rings. The first-order chi connectivity index (χ1) is 23.3. The fourth-order valence-corrected chi connectivity index (χ4v) is 5.56. The summed E-state index contributed by atoms with van der Waals surface area (Å²) in [6.45, 7) is 18.5. The minimum absolute atomic E-state index is 0.103. The number of nitrogens with one attached hydrogen (secondary N) is 5. The molecule has 6 atom stereocenters. The van der Waals surface area contributed by atoms with E-state index in [1.165, 1.54) is 0 Å². The molecule has 0 radical (unpaired) electrons. The van der Waals surface area contributed by atoms with Gasteiger partial charge in [0, 0.05) is 18.6 Å². The number of carbonyl (C=O) groups is 5. The lowest BCUT2D eigenvalue weighted by molar-refractivity contribution is -0.134. The topological polar surface area (TPSA) is 186 Å². The van der Waals surface area contributed by atoms with E-state index in [-0.39, 0.29) is 54.9 Å². The fourth-order valence-electron chi connectivity index (χ4n) is 5.56. The van der Waals surface area contributed by atoms with E-state index in [1.807, 2.05) is 71.9 Å². The fraction of sp³-hybridized carbons (Fsp3) is 0.711. The Morgan fingerprint density at radius 1 is 0.740 bits per heavy atom. The molecule has 284 valence electrons. The molecule has 0 aromatic heterocycles. The first-order valence-electron chi connectivity index (χ1n) is 18.1. The van der Waals surface area contributed by atoms with Crippen molar-refractivity contribution in [1.29, 1.82) is 0 Å². The Morgan fingerprint density at radius 2 is 1.34 bits per heavy atom. The van der Waals surface area contributed by atoms with E-state index in [2.05, 4.69) is 26.6 Å². The van der Waals surface area contributed by atoms with E-state index in [0.717, 1.165) is 5.56 Å². The summed E-state index contributed by atoms with van der Waals surface area (Å²) in [6, 6.07) is 5.62. The standard InChI is InChI=1S/C38H65N5O7/c1-11-26(8)34(37(50)43-38(9,10)17-18-44)41-32(47)22-30(45)28(21-27-15-13-12-14-16-27)40-36(49)33(25(6)7)42-35(48)29(19-23(2)3)39-31(46)20-24(4)5/h12-16,23-26,28-30,33-34,44-45H,11,17-22H2,1-10H3,(H,39,46)(H,40,49)(H,41,47)(H,42,48)(H,43,50)/t26-,28-,29?,30-,33?,34-/m0/s1. The number of amides is 5. The third kappa shape index (κ3) is 16.5. The lowest BCUT2D eigenvalue weighted by Gasteiger charge is -2.32. The summed E-state index contributed by atoms with van der Waals surface area (Å²) in [6.07, 6.45) is 0.0749. The van der Waals surface area contributed by atoms with E-state index in [1.54, 1.807) is 27.7 Å². The van der Waals surface area contributed by atoms with Crippen molar-refractivity contribution >= 4 is 29.5 Å². The first kappa shape index (κ1) is 44.5. The molecule has 0 heterocycles. The van der Waals surface area contributed by atoms with Gasteiger partial charge in [-0.05, 0) is 62.3 Å². The average molecular weight is 704 g/mol. The Morgan fingerprint density at radius 3 is 1.86 bits per heavy atom. The molecular formula is C38H65N5O7. The molecule has 0 bridgehead atoms. The van der Waals surface area contributed by atoms with Crippen LogP contribution >= 0.6 is 0 Å². The lowest BCUT2D eigenvalue weighted by atomic mass is 9.94. The quantitative estimate of drug-likeness (QED) is 0.0968. The smallest absolute Gasteiger partial charge is 0.243 e. The molecule has 7 N–H and O–H groups in total. The van der Waals surface area contributed by atoms with Crippen LogP contribution in [-0.4, -0.2) is 82.2 Å². The van der Waals surface area contributed by atoms with Crippen molar-refractivity contribution in [2.45, 2.75) is 144 Å². The SMILES string of the molecule is CC[C@H](C)[C@H](NC(=O)C[C@H](O)[C@H](Cc1ccccc1)NC(=O)C(NC(=O)C(CC(C)C)NC(=O)CC(C)C)C(C)C)C(=O)NC(C)(C)CCO. The van der Waals surface area contributed by atoms with Gasteiger partial charge >= 0.3 is 0 Å². The second-order valence-corrected chi connectivity index (χ2v) is 15.4. The summed E-state index contributed by atoms with van der Waals surface area (Å²) in [5.41, 5.74) is 0.124. The highest BCUT2D eigenvalue weighted by Gasteiger charge is 2.34. The van der Waals surface area contributed by atoms with Crippen LogP contribution in [0.25, 0.3) is 0 Å². The van der Waals surface area contributed by atoms with E-state index in [4.69, 9.17) is 0 Å². The Kier molecular flexibility index (Phi) is 19.3. The second kappa shape index (κ2) is 21.6. The first-order valence-corrected chi connectivity index (χ1v) is 18.1. The molecule has 50 heavy (non-hydrogen) atoms. The van der Waals surface area contributed by atoms with Crippen molar-refractivity contribution < 1.29 is 34.2 Å². The normalized spacial score (nSPS) is 15.4. The zero-order valence-electron chi connectivity index (χ0n) is 32.0. The summed E-state index contributed by atoms with van der Waals surface area (Å²) in [5.74, 6) is -2.53. The van der Waals surface area contributed by atoms with Crippen LogP contribution in [0, 0.1) is 23.7 Å². The monoisotopic (exact) mass is 703 g/mol. The zero-order chi connectivity index (χ0) is 38.2. The van der Waals surface area contributed by atoms with Crippen molar-refractivity contribution in [3.63, 3.8) is 0 Å². The van der Waals surface area contributed by atoms with Gasteiger partial charge in [0.2, 0.25) is 29.5 Å². The van der Waals surface area contributed by atoms with Crippen LogP contribution in [0.4, 0.5) is 0 Å². The molecule has 0 spiro atoms. The van der Waals surface area contributed by atoms with E-state index >= 15 is 0 Å². The third-order valence-corrected chi connectivity index (χ3v) is 8.69. The van der Waals surface area contributed by atoms with Gasteiger partial charge in [0.05, 0.1) is 18.6 Å². The number of rotatable bonds is 22. The number of benzene rings is 1. The summed E-state index contributed by atoms with van der Waals surface area (Å²) in [4.78, 5) is 66.4. The van der Waals surface area contributed by atoms with Crippen LogP contribution in [0.3, 0.4) is 0 Å². The van der Waals surface area contributed by atoms with Crippen LogP contribution in [0.5, 0.6) is 0 Å². The van der Waals surface area contributed by atoms with Crippen LogP contribution < -0.4 is 26.6 Å². The zero-order valence-corrected chi connectivity index (χ0v) is 32.0. The highest BCUT2D eigenvalue weighted by atomic mass is 16.3. The van der Waals surface area contributed by atoms with Crippen LogP contribution in [0.1, 0.15) is 107 Å². The third-order valence-electron chi connectivity index (χ3n) is 8.69. The molecule has 0 saturated carbocycles. The summed E-state index contributed by atoms with van der Waals surface area (Å²) in [5, 5.41) is 35.0. The van der Waals surface area contributed by atoms with Crippen molar-refractivity contribution in [2.75, 3.05) is 6.61 Å². The maximum atomic E-state index is 13.8. The van der Waals surface area contributed by atoms with Crippen LogP contribution in [0.15, 0.2) is 30.3 Å². The van der Waals surface area contributed by atoms with Gasteiger partial charge in [0.25, 0.3) is 0 Å². The van der Waals surface area contributed by atoms with Crippen LogP contribution in [0.2, 0.25) is 0 Å². The predicted octanol–water partition coefficient (Wildman–Crippen LogP) is 2.99. The summed E-state index contributed by atoms with van der Waals surface area (Å²) < 4.78 is 0. The van der Waals surface area contributed by atoms with Gasteiger partial charge in [0.1, 0.15) is 18.1 Å². The van der Waals surface area contributed by atoms with E-state index in [9.17, 15) is 34.2 Å². The lowest BCUT2D eigenvalue weighted by Crippen LogP contribution is -2.59. The number of aliphatic hydroxyl groups is 2. The van der Waals surface area contributed by atoms with Gasteiger partial charge in [-0.15, -0.1) is 0 Å². The predicted molar refractivity (Wildman–Crippen MR) is 196 cm³/mol. The number of hydrogen-bond acceptors (Lipinski definition) is 7. The molecule has 2 unspecified atom stereocenters. The highest BCUT2D eigenvalue weighted by Crippen LogP contribution is 2.16. The maximum absolute atomic E-state index is 13.8. The van der Waals surface area contributed by atoms with E-state index < -0.39 is 60.0 Å². The van der Waals surface area contributed by atoms with Crippen LogP contribution in [-0.2, 0) is 30.4 Å². The molecule has 0 saturated heterocycles. The molecule has 0 aliphatic carbocycles. The Bertz CT molecular complexity index is 1220. The molecule has 0 aliphatic heterocycles. The molecule has 12 heteroatoms. The summed E-state index contributed by atoms with van der Waals surface area (Å²) >= 11 is 0. The van der Waals surface area contributed by atoms with Gasteiger partial charge in [-0.3, -0.25) is 24.0 Å². The Labute approximate surface area is 299 Å². The molecule has 0 fully saturated rings. The highest BCUT2D eigenvalue weighted by molar-refractivity contribution is 5.92. The minimum Gasteiger partial charge on any atom is -0.396 e. The van der Waals surface area contributed by atoms with Gasteiger partial charge in [-0.1, -0.05) is 92.1 Å². The van der Waals surface area contributed by atoms with Gasteiger partial charge in [0.15, 0.2) is 0 Å². The molecule has 12 nitrogen and oxygen atoms in total. The number of hydrogen-bond donors (Lipinski definition) is 7. The molecule has 1 rings (SSSR count). The van der Waals surface area contributed by atoms with Crippen molar-refractivity contribution in [3.8, 4) is 0 Å². The van der Waals surface area contributed by atoms with Crippen molar-refractivity contribution in [3.05, 3.63) is 35.9 Å². The molecule has 5 amide bonds. The van der Waals surface area contributed by atoms with Crippen molar-refractivity contribution in [1.82, 2.24) is 26.6 Å². The largest absolute Gasteiger partial charge is 0.396 e. The maximum Gasteiger partial charge on any atom is 0.243 e. The molecule has 1 aromatic carbocycles.